The molecule has 0 aliphatic heterocycles. The van der Waals surface area contributed by atoms with Gasteiger partial charge in [0.05, 0.1) is 0 Å². The summed E-state index contributed by atoms with van der Waals surface area (Å²) >= 11 is 5.85. The van der Waals surface area contributed by atoms with Gasteiger partial charge < -0.3 is 10.6 Å². The Bertz CT molecular complexity index is 546. The van der Waals surface area contributed by atoms with Gasteiger partial charge in [-0.05, 0) is 45.0 Å². The predicted octanol–water partition coefficient (Wildman–Crippen LogP) is 4.08. The summed E-state index contributed by atoms with van der Waals surface area (Å²) in [5.74, 6) is 1.53. The highest BCUT2D eigenvalue weighted by Crippen LogP contribution is 2.19. The second-order valence-corrected chi connectivity index (χ2v) is 5.73. The molecule has 0 aliphatic rings. The number of nitrogens with one attached hydrogen (secondary N) is 2. The van der Waals surface area contributed by atoms with Crippen molar-refractivity contribution >= 4 is 28.9 Å². The number of nitrogens with zero attached hydrogens (tertiary/aromatic N) is 2. The maximum Gasteiger partial charge on any atom is 0.135 e. The third-order valence-corrected chi connectivity index (χ3v) is 2.54. The van der Waals surface area contributed by atoms with Crippen LogP contribution in [0.4, 0.5) is 17.3 Å². The van der Waals surface area contributed by atoms with Crippen molar-refractivity contribution in [2.75, 3.05) is 10.6 Å². The molecule has 1 aromatic heterocycles. The van der Waals surface area contributed by atoms with Crippen LogP contribution in [0.3, 0.4) is 0 Å². The van der Waals surface area contributed by atoms with E-state index in [1.54, 1.807) is 0 Å². The first kappa shape index (κ1) is 13.6. The predicted molar refractivity (Wildman–Crippen MR) is 80.1 cm³/mol. The minimum Gasteiger partial charge on any atom is -0.365 e. The molecule has 0 bridgehead atoms. The van der Waals surface area contributed by atoms with Crippen molar-refractivity contribution in [3.63, 3.8) is 0 Å². The summed E-state index contributed by atoms with van der Waals surface area (Å²) in [6.07, 6.45) is 1.53. The lowest BCUT2D eigenvalue weighted by Gasteiger charge is -2.21. The van der Waals surface area contributed by atoms with Crippen molar-refractivity contribution in [1.82, 2.24) is 9.97 Å². The molecule has 0 unspecified atom stereocenters. The van der Waals surface area contributed by atoms with Gasteiger partial charge in [0.1, 0.15) is 18.0 Å². The normalized spacial score (nSPS) is 11.2. The molecule has 1 aromatic carbocycles. The van der Waals surface area contributed by atoms with Crippen molar-refractivity contribution in [1.29, 1.82) is 0 Å². The average Bonchev–Trinajstić information content (AvgIpc) is 2.30. The van der Waals surface area contributed by atoms with Crippen molar-refractivity contribution in [2.45, 2.75) is 26.3 Å². The molecular formula is C14H17ClN4. The van der Waals surface area contributed by atoms with Crippen LogP contribution in [-0.4, -0.2) is 15.5 Å². The zero-order valence-corrected chi connectivity index (χ0v) is 12.0. The Balaban J connectivity index is 2.13. The molecule has 0 spiro atoms. The van der Waals surface area contributed by atoms with E-state index in [1.165, 1.54) is 6.33 Å². The standard InChI is InChI=1S/C14H17ClN4/c1-14(2,3)19-13-8-12(16-9-17-13)18-11-6-4-10(15)5-7-11/h4-9H,1-3H3,(H2,16,17,18,19). The van der Waals surface area contributed by atoms with Gasteiger partial charge in [-0.3, -0.25) is 0 Å². The molecule has 0 atom stereocenters. The second kappa shape index (κ2) is 5.45. The van der Waals surface area contributed by atoms with Crippen molar-refractivity contribution in [3.05, 3.63) is 41.7 Å². The van der Waals surface area contributed by atoms with Gasteiger partial charge in [0, 0.05) is 22.3 Å². The van der Waals surface area contributed by atoms with Gasteiger partial charge in [0.2, 0.25) is 0 Å². The quantitative estimate of drug-likeness (QED) is 0.887. The number of rotatable bonds is 3. The molecule has 2 aromatic rings. The van der Waals surface area contributed by atoms with Crippen molar-refractivity contribution in [3.8, 4) is 0 Å². The second-order valence-electron chi connectivity index (χ2n) is 5.30. The van der Waals surface area contributed by atoms with Crippen LogP contribution >= 0.6 is 11.6 Å². The minimum absolute atomic E-state index is 0.0358. The lowest BCUT2D eigenvalue weighted by atomic mass is 10.1. The minimum atomic E-state index is -0.0358. The van der Waals surface area contributed by atoms with E-state index >= 15 is 0 Å². The maximum absolute atomic E-state index is 5.85. The van der Waals surface area contributed by atoms with E-state index in [2.05, 4.69) is 41.4 Å². The van der Waals surface area contributed by atoms with Gasteiger partial charge in [-0.15, -0.1) is 0 Å². The Morgan fingerprint density at radius 1 is 1.00 bits per heavy atom. The van der Waals surface area contributed by atoms with Gasteiger partial charge in [0.25, 0.3) is 0 Å². The van der Waals surface area contributed by atoms with Gasteiger partial charge in [-0.25, -0.2) is 9.97 Å². The molecule has 2 rings (SSSR count). The van der Waals surface area contributed by atoms with E-state index in [9.17, 15) is 0 Å². The lowest BCUT2D eigenvalue weighted by Crippen LogP contribution is -2.26. The Labute approximate surface area is 118 Å². The molecule has 19 heavy (non-hydrogen) atoms. The van der Waals surface area contributed by atoms with Crippen LogP contribution in [0.1, 0.15) is 20.8 Å². The monoisotopic (exact) mass is 276 g/mol. The number of hydrogen-bond donors (Lipinski definition) is 2. The highest BCUT2D eigenvalue weighted by molar-refractivity contribution is 6.30. The highest BCUT2D eigenvalue weighted by Gasteiger charge is 2.10. The van der Waals surface area contributed by atoms with E-state index in [4.69, 9.17) is 11.6 Å². The summed E-state index contributed by atoms with van der Waals surface area (Å²) in [5.41, 5.74) is 0.899. The van der Waals surface area contributed by atoms with Crippen LogP contribution in [0, 0.1) is 0 Å². The number of hydrogen-bond acceptors (Lipinski definition) is 4. The zero-order valence-electron chi connectivity index (χ0n) is 11.2. The Hall–Kier alpha value is -1.81. The molecule has 4 nitrogen and oxygen atoms in total. The fourth-order valence-electron chi connectivity index (χ4n) is 1.56. The molecule has 1 heterocycles. The molecule has 2 N–H and O–H groups in total. The fourth-order valence-corrected chi connectivity index (χ4v) is 1.69. The van der Waals surface area contributed by atoms with Crippen LogP contribution < -0.4 is 10.6 Å². The number of aromatic nitrogens is 2. The molecule has 0 amide bonds. The van der Waals surface area contributed by atoms with Gasteiger partial charge in [-0.1, -0.05) is 11.6 Å². The van der Waals surface area contributed by atoms with Gasteiger partial charge in [0.15, 0.2) is 0 Å². The first-order chi connectivity index (χ1) is 8.92. The van der Waals surface area contributed by atoms with Crippen LogP contribution in [0.2, 0.25) is 5.02 Å². The number of anilines is 3. The maximum atomic E-state index is 5.85. The van der Waals surface area contributed by atoms with E-state index in [0.29, 0.717) is 5.02 Å². The third-order valence-electron chi connectivity index (χ3n) is 2.29. The SMILES string of the molecule is CC(C)(C)Nc1cc(Nc2ccc(Cl)cc2)ncn1. The lowest BCUT2D eigenvalue weighted by molar-refractivity contribution is 0.630. The van der Waals surface area contributed by atoms with Crippen LogP contribution in [0.15, 0.2) is 36.7 Å². The van der Waals surface area contributed by atoms with Crippen molar-refractivity contribution in [2.24, 2.45) is 0 Å². The number of benzene rings is 1. The Morgan fingerprint density at radius 2 is 1.63 bits per heavy atom. The molecule has 0 saturated carbocycles. The molecule has 0 radical (unpaired) electrons. The van der Waals surface area contributed by atoms with E-state index < -0.39 is 0 Å². The molecule has 100 valence electrons. The fraction of sp³-hybridized carbons (Fsp3) is 0.286. The average molecular weight is 277 g/mol. The summed E-state index contributed by atoms with van der Waals surface area (Å²) in [6, 6.07) is 9.35. The number of halogens is 1. The third kappa shape index (κ3) is 4.41. The topological polar surface area (TPSA) is 49.8 Å². The largest absolute Gasteiger partial charge is 0.365 e. The summed E-state index contributed by atoms with van der Waals surface area (Å²) in [7, 11) is 0. The van der Waals surface area contributed by atoms with Crippen LogP contribution in [-0.2, 0) is 0 Å². The zero-order chi connectivity index (χ0) is 13.9. The van der Waals surface area contributed by atoms with E-state index in [0.717, 1.165) is 17.3 Å². The van der Waals surface area contributed by atoms with E-state index in [-0.39, 0.29) is 5.54 Å². The molecule has 5 heteroatoms. The summed E-state index contributed by atoms with van der Waals surface area (Å²) < 4.78 is 0. The first-order valence-electron chi connectivity index (χ1n) is 6.05. The first-order valence-corrected chi connectivity index (χ1v) is 6.43. The molecular weight excluding hydrogens is 260 g/mol. The molecule has 0 fully saturated rings. The Kier molecular flexibility index (Phi) is 3.90. The smallest absolute Gasteiger partial charge is 0.135 e. The van der Waals surface area contributed by atoms with Gasteiger partial charge >= 0.3 is 0 Å². The van der Waals surface area contributed by atoms with Gasteiger partial charge in [-0.2, -0.15) is 0 Å². The van der Waals surface area contributed by atoms with Crippen molar-refractivity contribution < 1.29 is 0 Å². The van der Waals surface area contributed by atoms with Crippen LogP contribution in [0.25, 0.3) is 0 Å². The molecule has 0 aliphatic carbocycles. The highest BCUT2D eigenvalue weighted by atomic mass is 35.5. The van der Waals surface area contributed by atoms with Crippen LogP contribution in [0.5, 0.6) is 0 Å². The summed E-state index contributed by atoms with van der Waals surface area (Å²) in [5, 5.41) is 7.22. The summed E-state index contributed by atoms with van der Waals surface area (Å²) in [6.45, 7) is 6.25. The molecule has 0 saturated heterocycles. The Morgan fingerprint density at radius 3 is 2.26 bits per heavy atom. The van der Waals surface area contributed by atoms with E-state index in [1.807, 2.05) is 30.3 Å². The summed E-state index contributed by atoms with van der Waals surface area (Å²) in [4.78, 5) is 8.39.